The fraction of sp³-hybridized carbons (Fsp3) is 0.250. The van der Waals surface area contributed by atoms with Crippen molar-refractivity contribution in [1.29, 1.82) is 0 Å². The van der Waals surface area contributed by atoms with Crippen LogP contribution in [0.2, 0.25) is 0 Å². The van der Waals surface area contributed by atoms with Gasteiger partial charge < -0.3 is 16.2 Å². The van der Waals surface area contributed by atoms with Gasteiger partial charge in [-0.1, -0.05) is 0 Å². The molecule has 4 nitrogen and oxygen atoms in total. The second kappa shape index (κ2) is 4.37. The lowest BCUT2D eigenvalue weighted by molar-refractivity contribution is 0.208. The summed E-state index contributed by atoms with van der Waals surface area (Å²) in [6.07, 6.45) is 1.33. The fourth-order valence-electron chi connectivity index (χ4n) is 1.58. The second-order valence-corrected chi connectivity index (χ2v) is 3.87. The minimum atomic E-state index is -0.397. The number of nitrogens with two attached hydrogens (primary N) is 1. The number of aliphatic hydroxyl groups is 1. The lowest BCUT2D eigenvalue weighted by atomic mass is 10.1. The van der Waals surface area contributed by atoms with Gasteiger partial charge in [-0.15, -0.1) is 0 Å². The van der Waals surface area contributed by atoms with Crippen molar-refractivity contribution in [3.05, 3.63) is 30.5 Å². The molecule has 0 amide bonds. The van der Waals surface area contributed by atoms with Crippen LogP contribution in [0.3, 0.4) is 0 Å². The first-order valence-corrected chi connectivity index (χ1v) is 5.23. The number of nitrogen functional groups attached to an aromatic ring is 1. The molecule has 0 fully saturated rings. The quantitative estimate of drug-likeness (QED) is 0.683. The van der Waals surface area contributed by atoms with E-state index in [1.165, 1.54) is 0 Å². The first-order chi connectivity index (χ1) is 7.66. The van der Waals surface area contributed by atoms with Crippen molar-refractivity contribution in [3.63, 3.8) is 0 Å². The highest BCUT2D eigenvalue weighted by Gasteiger charge is 2.03. The molecule has 0 radical (unpaired) electrons. The summed E-state index contributed by atoms with van der Waals surface area (Å²) in [7, 11) is 0. The predicted octanol–water partition coefficient (Wildman–Crippen LogP) is 1.61. The molecule has 1 atom stereocenters. The Morgan fingerprint density at radius 1 is 1.44 bits per heavy atom. The summed E-state index contributed by atoms with van der Waals surface area (Å²) in [5.74, 6) is 0.776. The normalized spacial score (nSPS) is 12.6. The highest BCUT2D eigenvalue weighted by molar-refractivity contribution is 5.93. The average molecular weight is 217 g/mol. The van der Waals surface area contributed by atoms with Gasteiger partial charge in [-0.25, -0.2) is 4.98 Å². The third-order valence-corrected chi connectivity index (χ3v) is 2.35. The molecular weight excluding hydrogens is 202 g/mol. The summed E-state index contributed by atoms with van der Waals surface area (Å²) in [6.45, 7) is 2.21. The maximum absolute atomic E-state index is 9.22. The smallest absolute Gasteiger partial charge is 0.133 e. The number of pyridine rings is 1. The number of aromatic nitrogens is 1. The van der Waals surface area contributed by atoms with Crippen LogP contribution in [-0.2, 0) is 0 Å². The zero-order valence-electron chi connectivity index (χ0n) is 9.14. The van der Waals surface area contributed by atoms with Gasteiger partial charge in [-0.05, 0) is 36.6 Å². The minimum Gasteiger partial charge on any atom is -0.399 e. The van der Waals surface area contributed by atoms with Crippen LogP contribution in [-0.4, -0.2) is 22.7 Å². The van der Waals surface area contributed by atoms with E-state index in [0.717, 1.165) is 22.3 Å². The summed E-state index contributed by atoms with van der Waals surface area (Å²) in [5.41, 5.74) is 6.45. The molecule has 0 saturated carbocycles. The molecule has 0 saturated heterocycles. The molecule has 4 heteroatoms. The minimum absolute atomic E-state index is 0.397. The number of hydrogen-bond donors (Lipinski definition) is 3. The van der Waals surface area contributed by atoms with Gasteiger partial charge in [-0.3, -0.25) is 0 Å². The van der Waals surface area contributed by atoms with E-state index in [9.17, 15) is 5.11 Å². The van der Waals surface area contributed by atoms with Gasteiger partial charge in [-0.2, -0.15) is 0 Å². The highest BCUT2D eigenvalue weighted by Crippen LogP contribution is 2.22. The topological polar surface area (TPSA) is 71.2 Å². The van der Waals surface area contributed by atoms with Crippen LogP contribution in [0.4, 0.5) is 11.5 Å². The summed E-state index contributed by atoms with van der Waals surface area (Å²) in [6, 6.07) is 7.60. The number of aliphatic hydroxyl groups excluding tert-OH is 1. The van der Waals surface area contributed by atoms with E-state index >= 15 is 0 Å². The van der Waals surface area contributed by atoms with Gasteiger partial charge in [0.2, 0.25) is 0 Å². The second-order valence-electron chi connectivity index (χ2n) is 3.87. The van der Waals surface area contributed by atoms with Crippen LogP contribution < -0.4 is 11.1 Å². The van der Waals surface area contributed by atoms with Crippen LogP contribution in [0.25, 0.3) is 10.8 Å². The molecule has 84 valence electrons. The van der Waals surface area contributed by atoms with Crippen molar-refractivity contribution in [2.75, 3.05) is 17.6 Å². The number of fused-ring (bicyclic) bond motifs is 1. The van der Waals surface area contributed by atoms with E-state index in [-0.39, 0.29) is 0 Å². The third-order valence-electron chi connectivity index (χ3n) is 2.35. The predicted molar refractivity (Wildman–Crippen MR) is 66.3 cm³/mol. The van der Waals surface area contributed by atoms with E-state index in [2.05, 4.69) is 10.3 Å². The molecular formula is C12H15N3O. The van der Waals surface area contributed by atoms with Crippen molar-refractivity contribution in [2.45, 2.75) is 13.0 Å². The number of anilines is 2. The summed E-state index contributed by atoms with van der Waals surface area (Å²) in [5, 5.41) is 14.4. The largest absolute Gasteiger partial charge is 0.399 e. The van der Waals surface area contributed by atoms with Crippen molar-refractivity contribution in [3.8, 4) is 0 Å². The molecule has 1 unspecified atom stereocenters. The number of nitrogens with one attached hydrogen (secondary N) is 1. The van der Waals surface area contributed by atoms with Crippen LogP contribution >= 0.6 is 0 Å². The van der Waals surface area contributed by atoms with Crippen LogP contribution in [0.5, 0.6) is 0 Å². The van der Waals surface area contributed by atoms with Gasteiger partial charge in [0, 0.05) is 23.8 Å². The first-order valence-electron chi connectivity index (χ1n) is 5.23. The highest BCUT2D eigenvalue weighted by atomic mass is 16.3. The van der Waals surface area contributed by atoms with Gasteiger partial charge in [0.15, 0.2) is 0 Å². The zero-order valence-corrected chi connectivity index (χ0v) is 9.14. The SMILES string of the molecule is CC(O)CNc1nccc2cc(N)ccc12. The molecule has 16 heavy (non-hydrogen) atoms. The van der Waals surface area contributed by atoms with Crippen LogP contribution in [0, 0.1) is 0 Å². The Morgan fingerprint density at radius 3 is 3.00 bits per heavy atom. The Hall–Kier alpha value is -1.81. The van der Waals surface area contributed by atoms with Crippen molar-refractivity contribution in [2.24, 2.45) is 0 Å². The van der Waals surface area contributed by atoms with Gasteiger partial charge in [0.25, 0.3) is 0 Å². The lowest BCUT2D eigenvalue weighted by Gasteiger charge is -2.10. The first kappa shape index (κ1) is 10.7. The van der Waals surface area contributed by atoms with Crippen LogP contribution in [0.1, 0.15) is 6.92 Å². The molecule has 0 spiro atoms. The van der Waals surface area contributed by atoms with E-state index in [1.807, 2.05) is 24.3 Å². The van der Waals surface area contributed by atoms with Crippen LogP contribution in [0.15, 0.2) is 30.5 Å². The summed E-state index contributed by atoms with van der Waals surface area (Å²) < 4.78 is 0. The van der Waals surface area contributed by atoms with Gasteiger partial charge in [0.1, 0.15) is 5.82 Å². The Bertz CT molecular complexity index is 497. The van der Waals surface area contributed by atoms with E-state index in [4.69, 9.17) is 5.73 Å². The maximum Gasteiger partial charge on any atom is 0.133 e. The van der Waals surface area contributed by atoms with Crippen molar-refractivity contribution in [1.82, 2.24) is 4.98 Å². The molecule has 1 aromatic carbocycles. The summed E-state index contributed by atoms with van der Waals surface area (Å²) in [4.78, 5) is 4.25. The molecule has 0 aliphatic heterocycles. The number of hydrogen-bond acceptors (Lipinski definition) is 4. The molecule has 0 aliphatic rings. The number of nitrogens with zero attached hydrogens (tertiary/aromatic N) is 1. The van der Waals surface area contributed by atoms with E-state index < -0.39 is 6.10 Å². The zero-order chi connectivity index (χ0) is 11.5. The van der Waals surface area contributed by atoms with E-state index in [0.29, 0.717) is 6.54 Å². The molecule has 2 rings (SSSR count). The Labute approximate surface area is 94.1 Å². The van der Waals surface area contributed by atoms with Gasteiger partial charge >= 0.3 is 0 Å². The number of benzene rings is 1. The Kier molecular flexibility index (Phi) is 2.92. The summed E-state index contributed by atoms with van der Waals surface area (Å²) >= 11 is 0. The van der Waals surface area contributed by atoms with Crippen molar-refractivity contribution >= 4 is 22.3 Å². The average Bonchev–Trinajstić information content (AvgIpc) is 2.25. The molecule has 0 aliphatic carbocycles. The van der Waals surface area contributed by atoms with Crippen molar-refractivity contribution < 1.29 is 5.11 Å². The van der Waals surface area contributed by atoms with Gasteiger partial charge in [0.05, 0.1) is 6.10 Å². The standard InChI is InChI=1S/C12H15N3O/c1-8(16)7-15-12-11-3-2-10(13)6-9(11)4-5-14-12/h2-6,8,16H,7,13H2,1H3,(H,14,15). The monoisotopic (exact) mass is 217 g/mol. The third kappa shape index (κ3) is 2.23. The maximum atomic E-state index is 9.22. The molecule has 4 N–H and O–H groups in total. The Balaban J connectivity index is 2.38. The fourth-order valence-corrected chi connectivity index (χ4v) is 1.58. The number of rotatable bonds is 3. The molecule has 2 aromatic rings. The molecule has 1 aromatic heterocycles. The molecule has 0 bridgehead atoms. The lowest BCUT2D eigenvalue weighted by Crippen LogP contribution is -2.16. The molecule has 1 heterocycles. The Morgan fingerprint density at radius 2 is 2.25 bits per heavy atom. The van der Waals surface area contributed by atoms with E-state index in [1.54, 1.807) is 13.1 Å².